The van der Waals surface area contributed by atoms with Crippen molar-refractivity contribution in [1.29, 1.82) is 0 Å². The third kappa shape index (κ3) is 2.62. The van der Waals surface area contributed by atoms with Gasteiger partial charge in [0.15, 0.2) is 5.65 Å². The Balaban J connectivity index is 1.50. The highest BCUT2D eigenvalue weighted by molar-refractivity contribution is 9.10. The van der Waals surface area contributed by atoms with Gasteiger partial charge in [0, 0.05) is 21.6 Å². The van der Waals surface area contributed by atoms with E-state index in [0.29, 0.717) is 11.6 Å². The maximum Gasteiger partial charge on any atom is 0.265 e. The van der Waals surface area contributed by atoms with E-state index in [4.69, 9.17) is 0 Å². The fraction of sp³-hybridized carbons (Fsp3) is 0.167. The van der Waals surface area contributed by atoms with Gasteiger partial charge in [-0.3, -0.25) is 4.98 Å². The largest absolute Gasteiger partial charge is 0.338 e. The van der Waals surface area contributed by atoms with Crippen LogP contribution in [0.3, 0.4) is 0 Å². The Hall–Kier alpha value is -2.87. The Labute approximate surface area is 157 Å². The quantitative estimate of drug-likeness (QED) is 0.492. The fourth-order valence-corrected chi connectivity index (χ4v) is 3.64. The third-order valence-electron chi connectivity index (χ3n) is 4.49. The smallest absolute Gasteiger partial charge is 0.265 e. The molecule has 0 spiro atoms. The minimum atomic E-state index is 0.360. The molecule has 4 aromatic rings. The van der Waals surface area contributed by atoms with Crippen molar-refractivity contribution in [2.45, 2.75) is 19.3 Å². The average Bonchev–Trinajstić information content (AvgIpc) is 3.03. The third-order valence-corrected chi connectivity index (χ3v) is 4.98. The van der Waals surface area contributed by atoms with Gasteiger partial charge in [0.2, 0.25) is 0 Å². The highest BCUT2D eigenvalue weighted by atomic mass is 79.9. The lowest BCUT2D eigenvalue weighted by molar-refractivity contribution is 0.823. The Morgan fingerprint density at radius 3 is 3.08 bits per heavy atom. The Kier molecular flexibility index (Phi) is 3.63. The number of nitrogens with one attached hydrogen (secondary N) is 2. The molecule has 5 rings (SSSR count). The van der Waals surface area contributed by atoms with Gasteiger partial charge in [-0.15, -0.1) is 10.2 Å². The fourth-order valence-electron chi connectivity index (χ4n) is 3.28. The second kappa shape index (κ2) is 6.14. The van der Waals surface area contributed by atoms with Gasteiger partial charge < -0.3 is 4.98 Å². The minimum absolute atomic E-state index is 0.360. The summed E-state index contributed by atoms with van der Waals surface area (Å²) in [6, 6.07) is 10.0. The number of rotatable bonds is 2. The summed E-state index contributed by atoms with van der Waals surface area (Å²) < 4.78 is 0.991. The van der Waals surface area contributed by atoms with Crippen molar-refractivity contribution in [3.63, 3.8) is 0 Å². The molecule has 26 heavy (non-hydrogen) atoms. The first kappa shape index (κ1) is 15.4. The zero-order chi connectivity index (χ0) is 17.5. The molecule has 0 saturated carbocycles. The molecule has 3 heterocycles. The first-order valence-electron chi connectivity index (χ1n) is 8.36. The van der Waals surface area contributed by atoms with E-state index in [9.17, 15) is 0 Å². The molecule has 0 bridgehead atoms. The Bertz CT molecular complexity index is 1160. The average molecular weight is 408 g/mol. The molecule has 8 heteroatoms. The zero-order valence-corrected chi connectivity index (χ0v) is 15.3. The van der Waals surface area contributed by atoms with Crippen molar-refractivity contribution in [2.24, 2.45) is 5.10 Å². The summed E-state index contributed by atoms with van der Waals surface area (Å²) >= 11 is 3.48. The molecule has 3 aromatic heterocycles. The van der Waals surface area contributed by atoms with Crippen LogP contribution in [0.4, 0.5) is 5.95 Å². The number of halogens is 1. The molecule has 0 aliphatic heterocycles. The number of anilines is 1. The number of aryl methyl sites for hydroxylation is 1. The van der Waals surface area contributed by atoms with Crippen LogP contribution in [0.5, 0.6) is 0 Å². The van der Waals surface area contributed by atoms with Gasteiger partial charge in [-0.2, -0.15) is 10.1 Å². The van der Waals surface area contributed by atoms with Crippen LogP contribution in [-0.4, -0.2) is 30.9 Å². The van der Waals surface area contributed by atoms with Crippen molar-refractivity contribution in [3.8, 4) is 0 Å². The Morgan fingerprint density at radius 2 is 2.12 bits per heavy atom. The van der Waals surface area contributed by atoms with Crippen LogP contribution in [0.2, 0.25) is 0 Å². The van der Waals surface area contributed by atoms with Crippen LogP contribution in [-0.2, 0) is 6.42 Å². The van der Waals surface area contributed by atoms with Gasteiger partial charge in [-0.25, -0.2) is 5.43 Å². The van der Waals surface area contributed by atoms with Gasteiger partial charge in [0.25, 0.3) is 5.95 Å². The molecule has 128 valence electrons. The van der Waals surface area contributed by atoms with Crippen molar-refractivity contribution in [3.05, 3.63) is 52.3 Å². The van der Waals surface area contributed by atoms with E-state index < -0.39 is 0 Å². The van der Waals surface area contributed by atoms with Gasteiger partial charge in [-0.1, -0.05) is 22.0 Å². The summed E-state index contributed by atoms with van der Waals surface area (Å²) in [5.74, 6) is 0.360. The number of nitrogens with zero attached hydrogens (tertiary/aromatic N) is 5. The number of hydrogen-bond donors (Lipinski definition) is 2. The number of hydrogen-bond acceptors (Lipinski definition) is 6. The lowest BCUT2D eigenvalue weighted by Crippen LogP contribution is -2.15. The molecule has 0 atom stereocenters. The van der Waals surface area contributed by atoms with Crippen LogP contribution in [0.1, 0.15) is 24.1 Å². The number of fused-ring (bicyclic) bond motifs is 4. The van der Waals surface area contributed by atoms with Crippen LogP contribution >= 0.6 is 15.9 Å². The normalized spacial score (nSPS) is 15.5. The molecule has 7 nitrogen and oxygen atoms in total. The summed E-state index contributed by atoms with van der Waals surface area (Å²) in [5.41, 5.74) is 8.44. The maximum atomic E-state index is 4.50. The molecule has 1 aliphatic rings. The van der Waals surface area contributed by atoms with Crippen molar-refractivity contribution < 1.29 is 0 Å². The standard InChI is InChI=1S/C18H14BrN7/c19-11-6-7-13-12(9-11)16-17(21-13)22-18(26-24-16)25-23-14-5-1-3-10-4-2-8-20-15(10)14/h2,4,6-9H,1,3,5H2,(H2,21,22,25,26)/b23-14+. The summed E-state index contributed by atoms with van der Waals surface area (Å²) in [5, 5.41) is 13.9. The van der Waals surface area contributed by atoms with E-state index in [0.717, 1.165) is 51.6 Å². The number of hydrazone groups is 1. The molecule has 0 saturated heterocycles. The monoisotopic (exact) mass is 407 g/mol. The van der Waals surface area contributed by atoms with E-state index in [2.05, 4.69) is 57.7 Å². The van der Waals surface area contributed by atoms with Crippen molar-refractivity contribution in [2.75, 3.05) is 5.43 Å². The maximum absolute atomic E-state index is 4.50. The van der Waals surface area contributed by atoms with Crippen LogP contribution in [0.25, 0.3) is 22.1 Å². The Morgan fingerprint density at radius 1 is 1.15 bits per heavy atom. The summed E-state index contributed by atoms with van der Waals surface area (Å²) in [6.07, 6.45) is 4.78. The second-order valence-corrected chi connectivity index (χ2v) is 7.10. The molecular formula is C18H14BrN7. The van der Waals surface area contributed by atoms with Crippen LogP contribution in [0, 0.1) is 0 Å². The summed E-state index contributed by atoms with van der Waals surface area (Å²) in [4.78, 5) is 12.2. The number of aromatic amines is 1. The number of H-pyrrole nitrogens is 1. The predicted octanol–water partition coefficient (Wildman–Crippen LogP) is 3.82. The predicted molar refractivity (Wildman–Crippen MR) is 104 cm³/mol. The molecule has 0 fully saturated rings. The van der Waals surface area contributed by atoms with Gasteiger partial charge >= 0.3 is 0 Å². The zero-order valence-electron chi connectivity index (χ0n) is 13.7. The highest BCUT2D eigenvalue weighted by Gasteiger charge is 2.16. The second-order valence-electron chi connectivity index (χ2n) is 6.18. The molecule has 0 radical (unpaired) electrons. The number of benzene rings is 1. The molecular weight excluding hydrogens is 394 g/mol. The van der Waals surface area contributed by atoms with Gasteiger partial charge in [0.05, 0.1) is 11.4 Å². The van der Waals surface area contributed by atoms with Gasteiger partial charge in [0.1, 0.15) is 5.52 Å². The van der Waals surface area contributed by atoms with Gasteiger partial charge in [-0.05, 0) is 49.1 Å². The van der Waals surface area contributed by atoms with Crippen LogP contribution in [0.15, 0.2) is 46.1 Å². The van der Waals surface area contributed by atoms with Crippen molar-refractivity contribution >= 4 is 49.7 Å². The topological polar surface area (TPSA) is 91.7 Å². The molecule has 0 amide bonds. The minimum Gasteiger partial charge on any atom is -0.338 e. The first-order valence-corrected chi connectivity index (χ1v) is 9.16. The lowest BCUT2D eigenvalue weighted by Gasteiger charge is -2.15. The molecule has 1 aromatic carbocycles. The number of aromatic nitrogens is 5. The van der Waals surface area contributed by atoms with Crippen molar-refractivity contribution in [1.82, 2.24) is 25.1 Å². The SMILES string of the molecule is Brc1ccc2[nH]c3nc(N/N=C4\CCCc5cccnc54)nnc3c2c1. The van der Waals surface area contributed by atoms with E-state index >= 15 is 0 Å². The first-order chi connectivity index (χ1) is 12.8. The van der Waals surface area contributed by atoms with E-state index in [1.54, 1.807) is 6.20 Å². The summed E-state index contributed by atoms with van der Waals surface area (Å²) in [6.45, 7) is 0. The van der Waals surface area contributed by atoms with E-state index in [1.807, 2.05) is 24.3 Å². The molecule has 1 aliphatic carbocycles. The lowest BCUT2D eigenvalue weighted by atomic mass is 9.95. The molecule has 0 unspecified atom stereocenters. The highest BCUT2D eigenvalue weighted by Crippen LogP contribution is 2.25. The van der Waals surface area contributed by atoms with Crippen LogP contribution < -0.4 is 5.43 Å². The molecule has 2 N–H and O–H groups in total. The van der Waals surface area contributed by atoms with E-state index in [-0.39, 0.29) is 0 Å². The number of pyridine rings is 1. The summed E-state index contributed by atoms with van der Waals surface area (Å²) in [7, 11) is 0. The van der Waals surface area contributed by atoms with E-state index in [1.165, 1.54) is 5.56 Å².